The summed E-state index contributed by atoms with van der Waals surface area (Å²) in [5, 5.41) is 0. The zero-order valence-electron chi connectivity index (χ0n) is 10.3. The second-order valence-electron chi connectivity index (χ2n) is 0.513. The van der Waals surface area contributed by atoms with Crippen LogP contribution in [-0.4, -0.2) is 113 Å². The second kappa shape index (κ2) is 10.4. The minimum Gasteiger partial charge on any atom is -1.00 e. The van der Waals surface area contributed by atoms with Crippen LogP contribution in [0.1, 0.15) is 8.56 Å². The van der Waals surface area contributed by atoms with Gasteiger partial charge in [-0.25, -0.2) is 4.57 Å². The Labute approximate surface area is 132 Å². The molecule has 0 rings (SSSR count). The Hall–Kier alpha value is 3.40. The molecule has 0 aliphatic heterocycles. The van der Waals surface area contributed by atoms with Crippen LogP contribution in [0.5, 0.6) is 0 Å². The van der Waals surface area contributed by atoms with E-state index in [-0.39, 0.29) is 107 Å². The van der Waals surface area contributed by atoms with Crippen molar-refractivity contribution in [3.8, 4) is 0 Å². The van der Waals surface area contributed by atoms with Crippen LogP contribution in [0.25, 0.3) is 0 Å². The summed E-state index contributed by atoms with van der Waals surface area (Å²) >= 11 is 0. The Morgan fingerprint density at radius 1 is 1.12 bits per heavy atom. The van der Waals surface area contributed by atoms with Crippen LogP contribution in [-0.2, 0) is 4.57 Å². The van der Waals surface area contributed by atoms with Gasteiger partial charge in [0.1, 0.15) is 0 Å². The SMILES string of the molecule is O=P(O)(O)O.[Ca+2].[Ca+2].[H-].[H-].[H-].[H-].[H-].[H-].[Mg+2]. The van der Waals surface area contributed by atoms with Gasteiger partial charge < -0.3 is 23.2 Å². The van der Waals surface area contributed by atoms with Gasteiger partial charge in [-0.3, -0.25) is 0 Å². The molecule has 44 valence electrons. The molecule has 0 heterocycles. The van der Waals surface area contributed by atoms with Crippen LogP contribution in [0.4, 0.5) is 0 Å². The summed E-state index contributed by atoms with van der Waals surface area (Å²) in [6, 6.07) is 0. The molecule has 0 aliphatic carbocycles. The molecule has 4 nitrogen and oxygen atoms in total. The van der Waals surface area contributed by atoms with Gasteiger partial charge in [0.05, 0.1) is 0 Å². The summed E-state index contributed by atoms with van der Waals surface area (Å²) in [7, 11) is -4.64. The van der Waals surface area contributed by atoms with E-state index in [1.165, 1.54) is 0 Å². The van der Waals surface area contributed by atoms with Crippen LogP contribution < -0.4 is 0 Å². The maximum atomic E-state index is 8.88. The van der Waals surface area contributed by atoms with Crippen LogP contribution in [0, 0.1) is 0 Å². The van der Waals surface area contributed by atoms with Gasteiger partial charge in [0, 0.05) is 0 Å². The molecule has 0 aliphatic rings. The molecule has 0 radical (unpaired) electrons. The molecule has 0 bridgehead atoms. The summed E-state index contributed by atoms with van der Waals surface area (Å²) in [6.45, 7) is 0. The Balaban J connectivity index is -0.00000000222. The van der Waals surface area contributed by atoms with Crippen molar-refractivity contribution in [3.05, 3.63) is 0 Å². The fraction of sp³-hybridized carbons (Fsp3) is 0. The molecule has 8 heteroatoms. The molecular weight excluding hydrogens is 199 g/mol. The van der Waals surface area contributed by atoms with Gasteiger partial charge >= 0.3 is 106 Å². The number of phosphoric acid groups is 1. The minimum absolute atomic E-state index is 0. The predicted octanol–water partition coefficient (Wildman–Crippen LogP) is -1.40. The smallest absolute Gasteiger partial charge is 1.00 e. The molecule has 0 aromatic rings. The van der Waals surface area contributed by atoms with Gasteiger partial charge in [-0.2, -0.15) is 0 Å². The Morgan fingerprint density at radius 2 is 1.12 bits per heavy atom. The summed E-state index contributed by atoms with van der Waals surface area (Å²) < 4.78 is 8.88. The molecule has 0 unspecified atom stereocenters. The van der Waals surface area contributed by atoms with Gasteiger partial charge in [0.15, 0.2) is 0 Å². The molecule has 0 fully saturated rings. The van der Waals surface area contributed by atoms with Crippen molar-refractivity contribution in [1.29, 1.82) is 0 Å². The third-order valence-electron chi connectivity index (χ3n) is 0. The van der Waals surface area contributed by atoms with Crippen LogP contribution >= 0.6 is 7.82 Å². The largest absolute Gasteiger partial charge is 2.00 e. The molecular formula is H9Ca2MgO4P. The van der Waals surface area contributed by atoms with Crippen molar-refractivity contribution < 1.29 is 27.8 Å². The first-order valence-electron chi connectivity index (χ1n) is 0.783. The number of hydrogen-bond donors (Lipinski definition) is 3. The van der Waals surface area contributed by atoms with Crippen molar-refractivity contribution in [3.63, 3.8) is 0 Å². The maximum Gasteiger partial charge on any atom is 2.00 e. The van der Waals surface area contributed by atoms with Gasteiger partial charge in [-0.1, -0.05) is 0 Å². The van der Waals surface area contributed by atoms with E-state index in [2.05, 4.69) is 0 Å². The Kier molecular flexibility index (Phi) is 29.3. The third-order valence-corrected chi connectivity index (χ3v) is 0. The summed E-state index contributed by atoms with van der Waals surface area (Å²) in [5.74, 6) is 0. The Morgan fingerprint density at radius 3 is 1.12 bits per heavy atom. The Bertz CT molecular complexity index is 74.0. The average molecular weight is 209 g/mol. The predicted molar refractivity (Wildman–Crippen MR) is 38.2 cm³/mol. The van der Waals surface area contributed by atoms with Gasteiger partial charge in [0.25, 0.3) is 0 Å². The minimum atomic E-state index is -4.64. The van der Waals surface area contributed by atoms with E-state index < -0.39 is 7.82 Å². The van der Waals surface area contributed by atoms with Gasteiger partial charge in [0.2, 0.25) is 0 Å². The van der Waals surface area contributed by atoms with E-state index in [9.17, 15) is 0 Å². The molecule has 0 saturated carbocycles. The maximum absolute atomic E-state index is 8.88. The zero-order valence-corrected chi connectivity index (χ0v) is 11.0. The van der Waals surface area contributed by atoms with Crippen LogP contribution in [0.3, 0.4) is 0 Å². The molecule has 0 atom stereocenters. The first-order valence-corrected chi connectivity index (χ1v) is 2.35. The molecule has 0 amide bonds. The van der Waals surface area contributed by atoms with E-state index in [0.29, 0.717) is 0 Å². The van der Waals surface area contributed by atoms with E-state index in [4.69, 9.17) is 19.2 Å². The number of rotatable bonds is 0. The summed E-state index contributed by atoms with van der Waals surface area (Å²) in [4.78, 5) is 21.6. The first-order chi connectivity index (χ1) is 2.00. The van der Waals surface area contributed by atoms with Gasteiger partial charge in [-0.05, 0) is 0 Å². The van der Waals surface area contributed by atoms with Crippen molar-refractivity contribution in [2.24, 2.45) is 0 Å². The standard InChI is InChI=1S/2Ca.Mg.H3O4P.6H/c;;;1-5(2,3)4;;;;;;/h;;;(H3,1,2,3,4);;;;;;/q3*+2;;6*-1. The van der Waals surface area contributed by atoms with E-state index >= 15 is 0 Å². The van der Waals surface area contributed by atoms with E-state index in [1.54, 1.807) is 0 Å². The molecule has 0 spiro atoms. The molecule has 0 aromatic carbocycles. The summed E-state index contributed by atoms with van der Waals surface area (Å²) in [5.41, 5.74) is 0. The third kappa shape index (κ3) is 57.4. The van der Waals surface area contributed by atoms with Crippen molar-refractivity contribution in [2.45, 2.75) is 0 Å². The van der Waals surface area contributed by atoms with E-state index in [0.717, 1.165) is 0 Å². The van der Waals surface area contributed by atoms with Crippen molar-refractivity contribution >= 4 is 106 Å². The average Bonchev–Trinajstić information content (AvgIpc) is 0.722. The quantitative estimate of drug-likeness (QED) is 0.338. The van der Waals surface area contributed by atoms with Crippen LogP contribution in [0.15, 0.2) is 0 Å². The normalized spacial score (nSPS) is 7.38. The molecule has 8 heavy (non-hydrogen) atoms. The molecule has 0 aromatic heterocycles. The van der Waals surface area contributed by atoms with Gasteiger partial charge in [-0.15, -0.1) is 0 Å². The van der Waals surface area contributed by atoms with Crippen LogP contribution in [0.2, 0.25) is 0 Å². The number of hydrogen-bond acceptors (Lipinski definition) is 1. The second-order valence-corrected chi connectivity index (χ2v) is 1.54. The van der Waals surface area contributed by atoms with Crippen molar-refractivity contribution in [2.75, 3.05) is 0 Å². The molecule has 3 N–H and O–H groups in total. The monoisotopic (exact) mass is 208 g/mol. The summed E-state index contributed by atoms with van der Waals surface area (Å²) in [6.07, 6.45) is 0. The topological polar surface area (TPSA) is 77.8 Å². The zero-order chi connectivity index (χ0) is 4.50. The molecule has 0 saturated heterocycles. The fourth-order valence-corrected chi connectivity index (χ4v) is 0. The van der Waals surface area contributed by atoms with E-state index in [1.807, 2.05) is 0 Å². The first kappa shape index (κ1) is 22.5. The van der Waals surface area contributed by atoms with Crippen molar-refractivity contribution in [1.82, 2.24) is 0 Å². The fourth-order valence-electron chi connectivity index (χ4n) is 0.